The van der Waals surface area contributed by atoms with E-state index in [-0.39, 0.29) is 19.1 Å². The van der Waals surface area contributed by atoms with E-state index >= 15 is 0 Å². The molecule has 124 valence electrons. The van der Waals surface area contributed by atoms with E-state index in [9.17, 15) is 14.4 Å². The Bertz CT molecular complexity index is 590. The number of imide groups is 1. The van der Waals surface area contributed by atoms with E-state index in [1.165, 1.54) is 0 Å². The van der Waals surface area contributed by atoms with Crippen molar-refractivity contribution < 1.29 is 19.1 Å². The van der Waals surface area contributed by atoms with E-state index in [0.717, 1.165) is 10.5 Å². The molecule has 0 aliphatic carbocycles. The molecule has 7 heteroatoms. The molecule has 1 saturated heterocycles. The molecule has 1 aliphatic rings. The van der Waals surface area contributed by atoms with Gasteiger partial charge in [0.1, 0.15) is 6.61 Å². The summed E-state index contributed by atoms with van der Waals surface area (Å²) >= 11 is 0. The molecule has 0 bridgehead atoms. The number of primary amides is 1. The van der Waals surface area contributed by atoms with Gasteiger partial charge in [0.2, 0.25) is 11.8 Å². The average Bonchev–Trinajstić information content (AvgIpc) is 2.88. The van der Waals surface area contributed by atoms with Crippen LogP contribution in [0, 0.1) is 5.92 Å². The fraction of sp³-hybridized carbons (Fsp3) is 0.438. The van der Waals surface area contributed by atoms with Crippen LogP contribution in [0.15, 0.2) is 30.3 Å². The van der Waals surface area contributed by atoms with Crippen molar-refractivity contribution in [3.05, 3.63) is 35.9 Å². The number of hydrogen-bond acceptors (Lipinski definition) is 5. The molecule has 3 amide bonds. The molecule has 1 unspecified atom stereocenters. The number of rotatable bonds is 6. The SMILES string of the molecule is C[C@H](CC(N)C(N)=O)C(=O)N1C(=O)OC[C@@H]1Cc1ccccc1. The normalized spacial score (nSPS) is 20.0. The highest BCUT2D eigenvalue weighted by atomic mass is 16.6. The third-order valence-electron chi connectivity index (χ3n) is 3.91. The molecule has 0 aromatic heterocycles. The lowest BCUT2D eigenvalue weighted by Gasteiger charge is -2.24. The monoisotopic (exact) mass is 319 g/mol. The van der Waals surface area contributed by atoms with Crippen LogP contribution in [-0.2, 0) is 20.7 Å². The van der Waals surface area contributed by atoms with Gasteiger partial charge in [0.25, 0.3) is 0 Å². The van der Waals surface area contributed by atoms with E-state index in [0.29, 0.717) is 6.42 Å². The summed E-state index contributed by atoms with van der Waals surface area (Å²) in [6.07, 6.45) is -0.0430. The molecule has 1 aliphatic heterocycles. The number of ether oxygens (including phenoxy) is 1. The molecule has 0 radical (unpaired) electrons. The number of nitrogens with zero attached hydrogens (tertiary/aromatic N) is 1. The lowest BCUT2D eigenvalue weighted by atomic mass is 9.99. The average molecular weight is 319 g/mol. The minimum Gasteiger partial charge on any atom is -0.447 e. The first-order valence-electron chi connectivity index (χ1n) is 7.48. The Hall–Kier alpha value is -2.41. The Kier molecular flexibility index (Phi) is 5.33. The Balaban J connectivity index is 2.06. The summed E-state index contributed by atoms with van der Waals surface area (Å²) in [6, 6.07) is 8.28. The van der Waals surface area contributed by atoms with Crippen molar-refractivity contribution in [2.75, 3.05) is 6.61 Å². The number of carbonyl (C=O) groups is 3. The van der Waals surface area contributed by atoms with Gasteiger partial charge in [0, 0.05) is 5.92 Å². The lowest BCUT2D eigenvalue weighted by Crippen LogP contribution is -2.45. The fourth-order valence-electron chi connectivity index (χ4n) is 2.60. The number of hydrogen-bond donors (Lipinski definition) is 2. The molecule has 1 fully saturated rings. The van der Waals surface area contributed by atoms with E-state index < -0.39 is 29.9 Å². The minimum absolute atomic E-state index is 0.0933. The Morgan fingerprint density at radius 2 is 2.00 bits per heavy atom. The van der Waals surface area contributed by atoms with Crippen LogP contribution in [0.1, 0.15) is 18.9 Å². The first-order chi connectivity index (χ1) is 10.9. The van der Waals surface area contributed by atoms with Gasteiger partial charge in [-0.3, -0.25) is 9.59 Å². The fourth-order valence-corrected chi connectivity index (χ4v) is 2.60. The molecule has 1 heterocycles. The first kappa shape index (κ1) is 17.0. The molecule has 1 aromatic rings. The summed E-state index contributed by atoms with van der Waals surface area (Å²) in [5, 5.41) is 0. The Morgan fingerprint density at radius 1 is 1.35 bits per heavy atom. The van der Waals surface area contributed by atoms with Crippen LogP contribution in [0.2, 0.25) is 0 Å². The molecular weight excluding hydrogens is 298 g/mol. The van der Waals surface area contributed by atoms with Gasteiger partial charge in [-0.2, -0.15) is 0 Å². The van der Waals surface area contributed by atoms with Gasteiger partial charge in [0.05, 0.1) is 12.1 Å². The number of cyclic esters (lactones) is 1. The smallest absolute Gasteiger partial charge is 0.416 e. The summed E-state index contributed by atoms with van der Waals surface area (Å²) in [7, 11) is 0. The van der Waals surface area contributed by atoms with Crippen molar-refractivity contribution in [3.63, 3.8) is 0 Å². The molecule has 0 spiro atoms. The van der Waals surface area contributed by atoms with Gasteiger partial charge in [0.15, 0.2) is 0 Å². The maximum absolute atomic E-state index is 12.5. The molecular formula is C16H21N3O4. The molecule has 23 heavy (non-hydrogen) atoms. The number of carbonyl (C=O) groups excluding carboxylic acids is 3. The van der Waals surface area contributed by atoms with Crippen molar-refractivity contribution in [1.82, 2.24) is 4.90 Å². The third-order valence-corrected chi connectivity index (χ3v) is 3.91. The zero-order chi connectivity index (χ0) is 17.0. The quantitative estimate of drug-likeness (QED) is 0.788. The van der Waals surface area contributed by atoms with Crippen LogP contribution >= 0.6 is 0 Å². The molecule has 3 atom stereocenters. The maximum atomic E-state index is 12.5. The molecule has 1 aromatic carbocycles. The lowest BCUT2D eigenvalue weighted by molar-refractivity contribution is -0.133. The molecule has 2 rings (SSSR count). The van der Waals surface area contributed by atoms with E-state index in [1.54, 1.807) is 6.92 Å². The molecule has 4 N–H and O–H groups in total. The van der Waals surface area contributed by atoms with Gasteiger partial charge in [-0.1, -0.05) is 37.3 Å². The number of amides is 3. The second-order valence-corrected chi connectivity index (χ2v) is 5.77. The van der Waals surface area contributed by atoms with Crippen molar-refractivity contribution in [2.24, 2.45) is 17.4 Å². The van der Waals surface area contributed by atoms with Crippen molar-refractivity contribution in [3.8, 4) is 0 Å². The van der Waals surface area contributed by atoms with Crippen LogP contribution in [-0.4, -0.2) is 41.5 Å². The topological polar surface area (TPSA) is 116 Å². The summed E-state index contributed by atoms with van der Waals surface area (Å²) in [5.41, 5.74) is 11.7. The second kappa shape index (κ2) is 7.23. The van der Waals surface area contributed by atoms with Crippen molar-refractivity contribution in [2.45, 2.75) is 31.8 Å². The van der Waals surface area contributed by atoms with Gasteiger partial charge in [-0.15, -0.1) is 0 Å². The maximum Gasteiger partial charge on any atom is 0.416 e. The predicted octanol–water partition coefficient (Wildman–Crippen LogP) is 0.415. The molecule has 0 saturated carbocycles. The summed E-state index contributed by atoms with van der Waals surface area (Å²) in [4.78, 5) is 36.6. The van der Waals surface area contributed by atoms with Crippen LogP contribution < -0.4 is 11.5 Å². The van der Waals surface area contributed by atoms with Crippen molar-refractivity contribution in [1.29, 1.82) is 0 Å². The second-order valence-electron chi connectivity index (χ2n) is 5.77. The number of nitrogens with two attached hydrogens (primary N) is 2. The van der Waals surface area contributed by atoms with Gasteiger partial charge < -0.3 is 16.2 Å². The Morgan fingerprint density at radius 3 is 2.61 bits per heavy atom. The van der Waals surface area contributed by atoms with Crippen LogP contribution in [0.4, 0.5) is 4.79 Å². The highest BCUT2D eigenvalue weighted by Gasteiger charge is 2.40. The minimum atomic E-state index is -0.917. The zero-order valence-corrected chi connectivity index (χ0v) is 13.0. The summed E-state index contributed by atoms with van der Waals surface area (Å²) in [5.74, 6) is -1.67. The summed E-state index contributed by atoms with van der Waals surface area (Å²) < 4.78 is 5.02. The van der Waals surface area contributed by atoms with Crippen LogP contribution in [0.5, 0.6) is 0 Å². The predicted molar refractivity (Wildman–Crippen MR) is 83.1 cm³/mol. The molecule has 7 nitrogen and oxygen atoms in total. The Labute approximate surface area is 134 Å². The van der Waals surface area contributed by atoms with E-state index in [4.69, 9.17) is 16.2 Å². The third kappa shape index (κ3) is 4.07. The van der Waals surface area contributed by atoms with E-state index in [2.05, 4.69) is 0 Å². The van der Waals surface area contributed by atoms with Crippen molar-refractivity contribution >= 4 is 17.9 Å². The standard InChI is InChI=1S/C16H21N3O4/c1-10(7-13(17)14(18)20)15(21)19-12(9-23-16(19)22)8-11-5-3-2-4-6-11/h2-6,10,12-13H,7-9,17H2,1H3,(H2,18,20)/t10-,12+,13?/m1/s1. The van der Waals surface area contributed by atoms with Gasteiger partial charge in [-0.05, 0) is 18.4 Å². The number of benzene rings is 1. The first-order valence-corrected chi connectivity index (χ1v) is 7.48. The highest BCUT2D eigenvalue weighted by molar-refractivity contribution is 5.95. The zero-order valence-electron chi connectivity index (χ0n) is 13.0. The van der Waals surface area contributed by atoms with E-state index in [1.807, 2.05) is 30.3 Å². The highest BCUT2D eigenvalue weighted by Crippen LogP contribution is 2.21. The van der Waals surface area contributed by atoms with Gasteiger partial charge >= 0.3 is 6.09 Å². The largest absolute Gasteiger partial charge is 0.447 e. The van der Waals surface area contributed by atoms with Gasteiger partial charge in [-0.25, -0.2) is 9.69 Å². The van der Waals surface area contributed by atoms with Crippen LogP contribution in [0.3, 0.4) is 0 Å². The van der Waals surface area contributed by atoms with Crippen LogP contribution in [0.25, 0.3) is 0 Å². The summed E-state index contributed by atoms with van der Waals surface area (Å²) in [6.45, 7) is 1.78.